The molecule has 2 aromatic rings. The Hall–Kier alpha value is -1.20. The van der Waals surface area contributed by atoms with Crippen LogP contribution in [-0.4, -0.2) is 16.2 Å². The van der Waals surface area contributed by atoms with Gasteiger partial charge < -0.3 is 10.3 Å². The van der Waals surface area contributed by atoms with Crippen LogP contribution in [0.3, 0.4) is 0 Å². The number of aryl methyl sites for hydroxylation is 1. The summed E-state index contributed by atoms with van der Waals surface area (Å²) < 4.78 is 6.17. The molecule has 0 saturated carbocycles. The number of nitrogens with zero attached hydrogens (tertiary/aromatic N) is 2. The molecular weight excluding hydrogens is 282 g/mol. The van der Waals surface area contributed by atoms with E-state index in [0.717, 1.165) is 22.9 Å². The second kappa shape index (κ2) is 5.42. The monoisotopic (exact) mass is 295 g/mol. The lowest BCUT2D eigenvalue weighted by Gasteiger charge is -1.99. The molecule has 5 heteroatoms. The van der Waals surface area contributed by atoms with E-state index in [1.54, 1.807) is 0 Å². The highest BCUT2D eigenvalue weighted by atomic mass is 79.9. The Bertz CT molecular complexity index is 496. The van der Waals surface area contributed by atoms with E-state index in [-0.39, 0.29) is 6.04 Å². The smallest absolute Gasteiger partial charge is 0.227 e. The SMILES string of the molecule is CC(N)CCc1nc(-c2cccc(Br)c2)no1. The summed E-state index contributed by atoms with van der Waals surface area (Å²) >= 11 is 3.41. The largest absolute Gasteiger partial charge is 0.339 e. The quantitative estimate of drug-likeness (QED) is 0.942. The minimum atomic E-state index is 0.149. The number of hydrogen-bond donors (Lipinski definition) is 1. The van der Waals surface area contributed by atoms with Crippen molar-refractivity contribution in [2.75, 3.05) is 0 Å². The van der Waals surface area contributed by atoms with Crippen molar-refractivity contribution >= 4 is 15.9 Å². The number of halogens is 1. The lowest BCUT2D eigenvalue weighted by atomic mass is 10.2. The zero-order valence-electron chi connectivity index (χ0n) is 9.56. The van der Waals surface area contributed by atoms with Gasteiger partial charge in [-0.2, -0.15) is 4.98 Å². The lowest BCUT2D eigenvalue weighted by Crippen LogP contribution is -2.15. The Morgan fingerprint density at radius 2 is 2.29 bits per heavy atom. The first-order valence-electron chi connectivity index (χ1n) is 5.49. The van der Waals surface area contributed by atoms with Crippen LogP contribution in [0.2, 0.25) is 0 Å². The van der Waals surface area contributed by atoms with Gasteiger partial charge in [-0.25, -0.2) is 0 Å². The highest BCUT2D eigenvalue weighted by Crippen LogP contribution is 2.20. The van der Waals surface area contributed by atoms with Crippen molar-refractivity contribution in [1.82, 2.24) is 10.1 Å². The molecule has 0 aliphatic heterocycles. The van der Waals surface area contributed by atoms with Crippen molar-refractivity contribution < 1.29 is 4.52 Å². The van der Waals surface area contributed by atoms with Crippen LogP contribution in [0.15, 0.2) is 33.3 Å². The van der Waals surface area contributed by atoms with Crippen LogP contribution in [0.5, 0.6) is 0 Å². The van der Waals surface area contributed by atoms with E-state index in [1.807, 2.05) is 31.2 Å². The van der Waals surface area contributed by atoms with E-state index in [0.29, 0.717) is 11.7 Å². The van der Waals surface area contributed by atoms with Gasteiger partial charge in [-0.3, -0.25) is 0 Å². The fourth-order valence-corrected chi connectivity index (χ4v) is 1.85. The predicted octanol–water partition coefficient (Wildman–Crippen LogP) is 2.78. The average molecular weight is 296 g/mol. The van der Waals surface area contributed by atoms with E-state index in [4.69, 9.17) is 10.3 Å². The molecule has 1 atom stereocenters. The van der Waals surface area contributed by atoms with Crippen LogP contribution >= 0.6 is 15.9 Å². The molecule has 0 radical (unpaired) electrons. The molecule has 1 heterocycles. The van der Waals surface area contributed by atoms with Gasteiger partial charge in [0.15, 0.2) is 0 Å². The van der Waals surface area contributed by atoms with Gasteiger partial charge in [-0.05, 0) is 25.5 Å². The van der Waals surface area contributed by atoms with Gasteiger partial charge in [0.05, 0.1) is 0 Å². The molecule has 0 amide bonds. The molecule has 0 aliphatic carbocycles. The third-order valence-electron chi connectivity index (χ3n) is 2.36. The number of benzene rings is 1. The summed E-state index contributed by atoms with van der Waals surface area (Å²) in [6.07, 6.45) is 1.57. The second-order valence-corrected chi connectivity index (χ2v) is 4.95. The molecule has 17 heavy (non-hydrogen) atoms. The zero-order chi connectivity index (χ0) is 12.3. The third kappa shape index (κ3) is 3.38. The summed E-state index contributed by atoms with van der Waals surface area (Å²) in [7, 11) is 0. The van der Waals surface area contributed by atoms with Crippen molar-refractivity contribution in [3.63, 3.8) is 0 Å². The van der Waals surface area contributed by atoms with Crippen molar-refractivity contribution in [3.8, 4) is 11.4 Å². The first-order chi connectivity index (χ1) is 8.15. The Morgan fingerprint density at radius 1 is 1.47 bits per heavy atom. The van der Waals surface area contributed by atoms with Crippen LogP contribution < -0.4 is 5.73 Å². The molecule has 0 fully saturated rings. The molecule has 0 spiro atoms. The van der Waals surface area contributed by atoms with Crippen molar-refractivity contribution in [2.45, 2.75) is 25.8 Å². The molecule has 1 unspecified atom stereocenters. The van der Waals surface area contributed by atoms with Gasteiger partial charge in [0.1, 0.15) is 0 Å². The zero-order valence-corrected chi connectivity index (χ0v) is 11.1. The summed E-state index contributed by atoms with van der Waals surface area (Å²) in [6, 6.07) is 7.96. The number of nitrogens with two attached hydrogens (primary N) is 1. The molecule has 2 rings (SSSR count). The van der Waals surface area contributed by atoms with E-state index in [9.17, 15) is 0 Å². The Balaban J connectivity index is 2.12. The van der Waals surface area contributed by atoms with Crippen molar-refractivity contribution in [3.05, 3.63) is 34.6 Å². The van der Waals surface area contributed by atoms with Gasteiger partial charge in [-0.1, -0.05) is 33.2 Å². The molecule has 0 bridgehead atoms. The number of hydrogen-bond acceptors (Lipinski definition) is 4. The van der Waals surface area contributed by atoms with E-state index >= 15 is 0 Å². The second-order valence-electron chi connectivity index (χ2n) is 4.04. The maximum absolute atomic E-state index is 5.68. The van der Waals surface area contributed by atoms with E-state index < -0.39 is 0 Å². The Kier molecular flexibility index (Phi) is 3.91. The minimum Gasteiger partial charge on any atom is -0.339 e. The molecule has 0 saturated heterocycles. The first kappa shape index (κ1) is 12.3. The van der Waals surface area contributed by atoms with E-state index in [1.165, 1.54) is 0 Å². The topological polar surface area (TPSA) is 64.9 Å². The molecule has 4 nitrogen and oxygen atoms in total. The fourth-order valence-electron chi connectivity index (χ4n) is 1.45. The van der Waals surface area contributed by atoms with Gasteiger partial charge >= 0.3 is 0 Å². The van der Waals surface area contributed by atoms with Crippen LogP contribution in [0.4, 0.5) is 0 Å². The predicted molar refractivity (Wildman–Crippen MR) is 69.4 cm³/mol. The number of rotatable bonds is 4. The molecule has 0 aliphatic rings. The number of aromatic nitrogens is 2. The van der Waals surface area contributed by atoms with Crippen LogP contribution in [0.1, 0.15) is 19.2 Å². The Labute approximate surface area is 108 Å². The third-order valence-corrected chi connectivity index (χ3v) is 2.86. The average Bonchev–Trinajstić information content (AvgIpc) is 2.75. The molecular formula is C12H14BrN3O. The maximum atomic E-state index is 5.68. The molecule has 90 valence electrons. The lowest BCUT2D eigenvalue weighted by molar-refractivity contribution is 0.372. The molecule has 2 N–H and O–H groups in total. The van der Waals surface area contributed by atoms with Crippen LogP contribution in [0.25, 0.3) is 11.4 Å². The Morgan fingerprint density at radius 3 is 3.00 bits per heavy atom. The van der Waals surface area contributed by atoms with Gasteiger partial charge in [0.2, 0.25) is 11.7 Å². The minimum absolute atomic E-state index is 0.149. The summed E-state index contributed by atoms with van der Waals surface area (Å²) in [5.74, 6) is 1.25. The molecule has 1 aromatic heterocycles. The van der Waals surface area contributed by atoms with Crippen LogP contribution in [0, 0.1) is 0 Å². The van der Waals surface area contributed by atoms with Crippen molar-refractivity contribution in [1.29, 1.82) is 0 Å². The van der Waals surface area contributed by atoms with E-state index in [2.05, 4.69) is 26.1 Å². The molecule has 1 aromatic carbocycles. The maximum Gasteiger partial charge on any atom is 0.227 e. The fraction of sp³-hybridized carbons (Fsp3) is 0.333. The standard InChI is InChI=1S/C12H14BrN3O/c1-8(14)5-6-11-15-12(16-17-11)9-3-2-4-10(13)7-9/h2-4,7-8H,5-6,14H2,1H3. The summed E-state index contributed by atoms with van der Waals surface area (Å²) in [4.78, 5) is 4.34. The van der Waals surface area contributed by atoms with Crippen LogP contribution in [-0.2, 0) is 6.42 Å². The van der Waals surface area contributed by atoms with Gasteiger partial charge in [-0.15, -0.1) is 0 Å². The highest BCUT2D eigenvalue weighted by Gasteiger charge is 2.09. The normalized spacial score (nSPS) is 12.6. The van der Waals surface area contributed by atoms with Gasteiger partial charge in [0.25, 0.3) is 0 Å². The summed E-state index contributed by atoms with van der Waals surface area (Å²) in [6.45, 7) is 1.96. The van der Waals surface area contributed by atoms with Gasteiger partial charge in [0, 0.05) is 22.5 Å². The first-order valence-corrected chi connectivity index (χ1v) is 6.28. The summed E-state index contributed by atoms with van der Waals surface area (Å²) in [5, 5.41) is 3.96. The highest BCUT2D eigenvalue weighted by molar-refractivity contribution is 9.10. The van der Waals surface area contributed by atoms with Crippen molar-refractivity contribution in [2.24, 2.45) is 5.73 Å². The summed E-state index contributed by atoms with van der Waals surface area (Å²) in [5.41, 5.74) is 6.62.